The van der Waals surface area contributed by atoms with Crippen LogP contribution >= 0.6 is 15.9 Å². The lowest BCUT2D eigenvalue weighted by atomic mass is 10.1. The Hall–Kier alpha value is -1.81. The molecule has 0 aromatic heterocycles. The molecule has 0 saturated carbocycles. The van der Waals surface area contributed by atoms with Gasteiger partial charge in [-0.2, -0.15) is 0 Å². The van der Waals surface area contributed by atoms with E-state index in [4.69, 9.17) is 0 Å². The van der Waals surface area contributed by atoms with E-state index >= 15 is 0 Å². The van der Waals surface area contributed by atoms with E-state index in [0.29, 0.717) is 5.56 Å². The Morgan fingerprint density at radius 3 is 2.67 bits per heavy atom. The van der Waals surface area contributed by atoms with Crippen LogP contribution in [-0.2, 0) is 0 Å². The average Bonchev–Trinajstić information content (AvgIpc) is 2.35. The maximum Gasteiger partial charge on any atom is 0.255 e. The second-order valence-corrected chi connectivity index (χ2v) is 4.77. The zero-order chi connectivity index (χ0) is 13.1. The molecular formula is C14H12BrNO2. The standard InChI is InChI=1S/C14H12BrNO2/c1-9-12(15)6-3-7-13(9)16-14(18)10-4-2-5-11(17)8-10/h2-8,17H,1H3,(H,16,18). The molecule has 2 aromatic carbocycles. The molecule has 0 bridgehead atoms. The molecule has 0 unspecified atom stereocenters. The molecule has 0 aliphatic carbocycles. The van der Waals surface area contributed by atoms with Gasteiger partial charge in [-0.25, -0.2) is 0 Å². The summed E-state index contributed by atoms with van der Waals surface area (Å²) in [6, 6.07) is 11.9. The Morgan fingerprint density at radius 2 is 1.94 bits per heavy atom. The summed E-state index contributed by atoms with van der Waals surface area (Å²) in [6.07, 6.45) is 0. The minimum Gasteiger partial charge on any atom is -0.508 e. The maximum absolute atomic E-state index is 12.0. The molecule has 0 fully saturated rings. The van der Waals surface area contributed by atoms with E-state index in [1.165, 1.54) is 12.1 Å². The van der Waals surface area contributed by atoms with Crippen molar-refractivity contribution in [1.29, 1.82) is 0 Å². The van der Waals surface area contributed by atoms with Crippen LogP contribution in [0, 0.1) is 6.92 Å². The fraction of sp³-hybridized carbons (Fsp3) is 0.0714. The van der Waals surface area contributed by atoms with Crippen molar-refractivity contribution in [2.75, 3.05) is 5.32 Å². The van der Waals surface area contributed by atoms with E-state index in [2.05, 4.69) is 21.2 Å². The number of rotatable bonds is 2. The van der Waals surface area contributed by atoms with Crippen molar-refractivity contribution in [2.24, 2.45) is 0 Å². The van der Waals surface area contributed by atoms with Crippen LogP contribution in [0.3, 0.4) is 0 Å². The van der Waals surface area contributed by atoms with Gasteiger partial charge in [0.25, 0.3) is 5.91 Å². The first-order chi connectivity index (χ1) is 8.58. The molecule has 0 heterocycles. The Labute approximate surface area is 114 Å². The molecule has 2 rings (SSSR count). The van der Waals surface area contributed by atoms with Crippen LogP contribution in [0.1, 0.15) is 15.9 Å². The van der Waals surface area contributed by atoms with E-state index in [-0.39, 0.29) is 11.7 Å². The number of nitrogens with one attached hydrogen (secondary N) is 1. The van der Waals surface area contributed by atoms with Crippen molar-refractivity contribution >= 4 is 27.5 Å². The van der Waals surface area contributed by atoms with Gasteiger partial charge in [-0.05, 0) is 42.8 Å². The van der Waals surface area contributed by atoms with Crippen LogP contribution in [0.15, 0.2) is 46.9 Å². The number of phenolic OH excluding ortho intramolecular Hbond substituents is 1. The number of aromatic hydroxyl groups is 1. The van der Waals surface area contributed by atoms with Crippen molar-refractivity contribution in [3.63, 3.8) is 0 Å². The summed E-state index contributed by atoms with van der Waals surface area (Å²) in [4.78, 5) is 12.0. The lowest BCUT2D eigenvalue weighted by Crippen LogP contribution is -2.12. The third-order valence-electron chi connectivity index (χ3n) is 2.62. The van der Waals surface area contributed by atoms with E-state index < -0.39 is 0 Å². The Balaban J connectivity index is 2.24. The van der Waals surface area contributed by atoms with Crippen LogP contribution in [0.25, 0.3) is 0 Å². The average molecular weight is 306 g/mol. The molecule has 0 aliphatic rings. The van der Waals surface area contributed by atoms with Crippen LogP contribution in [0.4, 0.5) is 5.69 Å². The van der Waals surface area contributed by atoms with Crippen molar-refractivity contribution < 1.29 is 9.90 Å². The maximum atomic E-state index is 12.0. The number of hydrogen-bond acceptors (Lipinski definition) is 2. The first-order valence-corrected chi connectivity index (χ1v) is 6.23. The molecule has 0 radical (unpaired) electrons. The number of amides is 1. The molecule has 2 N–H and O–H groups in total. The minimum atomic E-state index is -0.243. The smallest absolute Gasteiger partial charge is 0.255 e. The SMILES string of the molecule is Cc1c(Br)cccc1NC(=O)c1cccc(O)c1. The van der Waals surface area contributed by atoms with E-state index in [1.807, 2.05) is 25.1 Å². The molecule has 92 valence electrons. The van der Waals surface area contributed by atoms with Crippen molar-refractivity contribution in [1.82, 2.24) is 0 Å². The molecule has 0 aliphatic heterocycles. The Bertz CT molecular complexity index is 596. The number of phenols is 1. The number of carbonyl (C=O) groups excluding carboxylic acids is 1. The van der Waals surface area contributed by atoms with Crippen molar-refractivity contribution in [2.45, 2.75) is 6.92 Å². The molecule has 0 atom stereocenters. The third-order valence-corrected chi connectivity index (χ3v) is 3.48. The van der Waals surface area contributed by atoms with E-state index in [9.17, 15) is 9.90 Å². The highest BCUT2D eigenvalue weighted by Crippen LogP contribution is 2.24. The van der Waals surface area contributed by atoms with Gasteiger partial charge < -0.3 is 10.4 Å². The fourth-order valence-electron chi connectivity index (χ4n) is 1.58. The molecule has 0 saturated heterocycles. The number of anilines is 1. The molecule has 18 heavy (non-hydrogen) atoms. The highest BCUT2D eigenvalue weighted by molar-refractivity contribution is 9.10. The second kappa shape index (κ2) is 5.23. The van der Waals surface area contributed by atoms with E-state index in [0.717, 1.165) is 15.7 Å². The van der Waals surface area contributed by atoms with Gasteiger partial charge in [0.1, 0.15) is 5.75 Å². The zero-order valence-corrected chi connectivity index (χ0v) is 11.4. The summed E-state index contributed by atoms with van der Waals surface area (Å²) in [5.41, 5.74) is 2.14. The van der Waals surface area contributed by atoms with Crippen LogP contribution in [0.2, 0.25) is 0 Å². The molecule has 1 amide bonds. The molecular weight excluding hydrogens is 294 g/mol. The lowest BCUT2D eigenvalue weighted by Gasteiger charge is -2.09. The third kappa shape index (κ3) is 2.71. The first-order valence-electron chi connectivity index (χ1n) is 5.43. The van der Waals surface area contributed by atoms with Gasteiger partial charge in [0.15, 0.2) is 0 Å². The molecule has 2 aromatic rings. The van der Waals surface area contributed by atoms with Gasteiger partial charge >= 0.3 is 0 Å². The number of halogens is 1. The second-order valence-electron chi connectivity index (χ2n) is 3.92. The van der Waals surface area contributed by atoms with Gasteiger partial charge in [-0.15, -0.1) is 0 Å². The zero-order valence-electron chi connectivity index (χ0n) is 9.77. The summed E-state index contributed by atoms with van der Waals surface area (Å²) < 4.78 is 0.941. The molecule has 3 nitrogen and oxygen atoms in total. The normalized spacial score (nSPS) is 10.1. The van der Waals surface area contributed by atoms with E-state index in [1.54, 1.807) is 12.1 Å². The number of carbonyl (C=O) groups is 1. The Kier molecular flexibility index (Phi) is 3.67. The van der Waals surface area contributed by atoms with Gasteiger partial charge in [0.05, 0.1) is 0 Å². The Morgan fingerprint density at radius 1 is 1.22 bits per heavy atom. The largest absolute Gasteiger partial charge is 0.508 e. The first kappa shape index (κ1) is 12.6. The monoisotopic (exact) mass is 305 g/mol. The highest BCUT2D eigenvalue weighted by Gasteiger charge is 2.09. The summed E-state index contributed by atoms with van der Waals surface area (Å²) in [5.74, 6) is -0.166. The van der Waals surface area contributed by atoms with Gasteiger partial charge in [0.2, 0.25) is 0 Å². The predicted octanol–water partition coefficient (Wildman–Crippen LogP) is 3.72. The topological polar surface area (TPSA) is 49.3 Å². The number of hydrogen-bond donors (Lipinski definition) is 2. The summed E-state index contributed by atoms with van der Waals surface area (Å²) in [6.45, 7) is 1.92. The molecule has 0 spiro atoms. The fourth-order valence-corrected chi connectivity index (χ4v) is 1.95. The summed E-state index contributed by atoms with van der Waals surface area (Å²) in [7, 11) is 0. The van der Waals surface area contributed by atoms with Gasteiger partial charge in [0, 0.05) is 15.7 Å². The van der Waals surface area contributed by atoms with Crippen LogP contribution in [-0.4, -0.2) is 11.0 Å². The number of benzene rings is 2. The minimum absolute atomic E-state index is 0.0774. The quantitative estimate of drug-likeness (QED) is 0.888. The van der Waals surface area contributed by atoms with Gasteiger partial charge in [-0.1, -0.05) is 28.1 Å². The van der Waals surface area contributed by atoms with Gasteiger partial charge in [-0.3, -0.25) is 4.79 Å². The van der Waals surface area contributed by atoms with Crippen LogP contribution < -0.4 is 5.32 Å². The van der Waals surface area contributed by atoms with Crippen LogP contribution in [0.5, 0.6) is 5.75 Å². The predicted molar refractivity (Wildman–Crippen MR) is 74.9 cm³/mol. The molecule has 4 heteroatoms. The van der Waals surface area contributed by atoms with Crippen molar-refractivity contribution in [3.8, 4) is 5.75 Å². The van der Waals surface area contributed by atoms with Crippen molar-refractivity contribution in [3.05, 3.63) is 58.1 Å². The lowest BCUT2D eigenvalue weighted by molar-refractivity contribution is 0.102. The summed E-state index contributed by atoms with van der Waals surface area (Å²) in [5, 5.41) is 12.2. The highest BCUT2D eigenvalue weighted by atomic mass is 79.9. The summed E-state index contributed by atoms with van der Waals surface area (Å²) >= 11 is 3.41.